The van der Waals surface area contributed by atoms with Gasteiger partial charge in [0.2, 0.25) is 0 Å². The molecule has 1 aliphatic heterocycles. The standard InChI is InChI=1S/C7H12O5/c8-1-2-3(9)4(10)5(11)7-6(2)12-7/h2-11H,1H2/t2-,3-,4+,5+,6+,7-/m1/s1. The highest BCUT2D eigenvalue weighted by Crippen LogP contribution is 2.40. The number of fused-ring (bicyclic) bond motifs is 1. The van der Waals surface area contributed by atoms with Crippen LogP contribution in [0.5, 0.6) is 0 Å². The van der Waals surface area contributed by atoms with Crippen LogP contribution in [0, 0.1) is 5.92 Å². The zero-order valence-corrected chi connectivity index (χ0v) is 6.37. The first-order valence-corrected chi connectivity index (χ1v) is 3.97. The Morgan fingerprint density at radius 3 is 2.17 bits per heavy atom. The molecule has 4 N–H and O–H groups in total. The predicted octanol–water partition coefficient (Wildman–Crippen LogP) is -2.54. The van der Waals surface area contributed by atoms with Crippen LogP contribution in [0.15, 0.2) is 0 Å². The van der Waals surface area contributed by atoms with E-state index in [0.29, 0.717) is 0 Å². The molecule has 1 aliphatic carbocycles. The van der Waals surface area contributed by atoms with Crippen molar-refractivity contribution in [1.29, 1.82) is 0 Å². The van der Waals surface area contributed by atoms with E-state index in [-0.39, 0.29) is 12.7 Å². The van der Waals surface area contributed by atoms with Crippen molar-refractivity contribution in [2.24, 2.45) is 5.92 Å². The Balaban J connectivity index is 2.11. The molecule has 5 nitrogen and oxygen atoms in total. The largest absolute Gasteiger partial charge is 0.396 e. The van der Waals surface area contributed by atoms with Gasteiger partial charge in [0, 0.05) is 5.92 Å². The van der Waals surface area contributed by atoms with Gasteiger partial charge >= 0.3 is 0 Å². The first-order valence-electron chi connectivity index (χ1n) is 3.97. The lowest BCUT2D eigenvalue weighted by Crippen LogP contribution is -2.52. The number of epoxide rings is 1. The van der Waals surface area contributed by atoms with E-state index in [1.54, 1.807) is 0 Å². The van der Waals surface area contributed by atoms with E-state index >= 15 is 0 Å². The Labute approximate surface area is 69.2 Å². The molecule has 0 aromatic carbocycles. The second-order valence-electron chi connectivity index (χ2n) is 3.38. The summed E-state index contributed by atoms with van der Waals surface area (Å²) in [4.78, 5) is 0. The van der Waals surface area contributed by atoms with Crippen LogP contribution in [0.1, 0.15) is 0 Å². The fourth-order valence-corrected chi connectivity index (χ4v) is 1.81. The summed E-state index contributed by atoms with van der Waals surface area (Å²) < 4.78 is 5.00. The van der Waals surface area contributed by atoms with Gasteiger partial charge in [-0.25, -0.2) is 0 Å². The van der Waals surface area contributed by atoms with Gasteiger partial charge in [-0.05, 0) is 0 Å². The normalized spacial score (nSPS) is 58.0. The molecule has 1 saturated heterocycles. The van der Waals surface area contributed by atoms with Crippen LogP contribution < -0.4 is 0 Å². The van der Waals surface area contributed by atoms with Crippen LogP contribution in [-0.4, -0.2) is 57.6 Å². The summed E-state index contributed by atoms with van der Waals surface area (Å²) in [5.41, 5.74) is 0. The fraction of sp³-hybridized carbons (Fsp3) is 1.00. The predicted molar refractivity (Wildman–Crippen MR) is 37.3 cm³/mol. The Morgan fingerprint density at radius 1 is 0.917 bits per heavy atom. The van der Waals surface area contributed by atoms with E-state index in [1.165, 1.54) is 0 Å². The van der Waals surface area contributed by atoms with Gasteiger partial charge in [-0.3, -0.25) is 0 Å². The van der Waals surface area contributed by atoms with E-state index in [9.17, 15) is 15.3 Å². The van der Waals surface area contributed by atoms with E-state index in [0.717, 1.165) is 0 Å². The van der Waals surface area contributed by atoms with Gasteiger partial charge in [0.05, 0.1) is 18.8 Å². The summed E-state index contributed by atoms with van der Waals surface area (Å²) in [5, 5.41) is 36.7. The zero-order chi connectivity index (χ0) is 8.88. The summed E-state index contributed by atoms with van der Waals surface area (Å²) in [7, 11) is 0. The first kappa shape index (κ1) is 8.40. The molecule has 6 atom stereocenters. The van der Waals surface area contributed by atoms with Crippen LogP contribution in [0.25, 0.3) is 0 Å². The minimum Gasteiger partial charge on any atom is -0.396 e. The fourth-order valence-electron chi connectivity index (χ4n) is 1.81. The van der Waals surface area contributed by atoms with Crippen LogP contribution >= 0.6 is 0 Å². The molecule has 0 amide bonds. The molecular weight excluding hydrogens is 164 g/mol. The number of hydrogen-bond donors (Lipinski definition) is 4. The third-order valence-corrected chi connectivity index (χ3v) is 2.67. The Hall–Kier alpha value is -0.200. The average molecular weight is 176 g/mol. The van der Waals surface area contributed by atoms with Crippen molar-refractivity contribution < 1.29 is 25.2 Å². The summed E-state index contributed by atoms with van der Waals surface area (Å²) >= 11 is 0. The number of aliphatic hydroxyl groups excluding tert-OH is 4. The smallest absolute Gasteiger partial charge is 0.113 e. The molecule has 70 valence electrons. The van der Waals surface area contributed by atoms with E-state index in [4.69, 9.17) is 9.84 Å². The highest BCUT2D eigenvalue weighted by Gasteiger charge is 2.59. The molecule has 1 saturated carbocycles. The lowest BCUT2D eigenvalue weighted by Gasteiger charge is -2.30. The molecule has 0 radical (unpaired) electrons. The molecule has 0 bridgehead atoms. The van der Waals surface area contributed by atoms with Gasteiger partial charge in [0.25, 0.3) is 0 Å². The van der Waals surface area contributed by atoms with Gasteiger partial charge in [-0.15, -0.1) is 0 Å². The maximum absolute atomic E-state index is 9.35. The van der Waals surface area contributed by atoms with Gasteiger partial charge < -0.3 is 25.2 Å². The highest BCUT2D eigenvalue weighted by atomic mass is 16.6. The Bertz CT molecular complexity index is 185. The molecule has 2 fully saturated rings. The van der Waals surface area contributed by atoms with E-state index in [1.807, 2.05) is 0 Å². The van der Waals surface area contributed by atoms with Crippen molar-refractivity contribution in [3.05, 3.63) is 0 Å². The SMILES string of the molecule is OC[C@@H]1[C@@H](O)[C@H](O)[C@H](O)[C@H]2O[C@@H]12. The van der Waals surface area contributed by atoms with Gasteiger partial charge in [0.15, 0.2) is 0 Å². The Morgan fingerprint density at radius 2 is 1.58 bits per heavy atom. The quantitative estimate of drug-likeness (QED) is 0.330. The maximum Gasteiger partial charge on any atom is 0.113 e. The molecule has 0 aromatic heterocycles. The summed E-state index contributed by atoms with van der Waals surface area (Å²) in [6.07, 6.45) is -4.00. The molecule has 0 aromatic rings. The minimum atomic E-state index is -1.20. The van der Waals surface area contributed by atoms with Crippen molar-refractivity contribution >= 4 is 0 Å². The summed E-state index contributed by atoms with van der Waals surface area (Å²) in [5.74, 6) is -0.464. The van der Waals surface area contributed by atoms with E-state index in [2.05, 4.69) is 0 Å². The van der Waals surface area contributed by atoms with Crippen molar-refractivity contribution in [2.45, 2.75) is 30.5 Å². The second-order valence-corrected chi connectivity index (χ2v) is 3.38. The third-order valence-electron chi connectivity index (χ3n) is 2.67. The molecule has 1 heterocycles. The monoisotopic (exact) mass is 176 g/mol. The number of rotatable bonds is 1. The van der Waals surface area contributed by atoms with Gasteiger partial charge in [0.1, 0.15) is 18.3 Å². The molecule has 2 aliphatic rings. The molecule has 2 rings (SSSR count). The molecular formula is C7H12O5. The van der Waals surface area contributed by atoms with Crippen LogP contribution in [0.2, 0.25) is 0 Å². The molecule has 0 unspecified atom stereocenters. The topological polar surface area (TPSA) is 93.5 Å². The lowest BCUT2D eigenvalue weighted by molar-refractivity contribution is -0.105. The number of hydrogen-bond acceptors (Lipinski definition) is 5. The summed E-state index contributed by atoms with van der Waals surface area (Å²) in [6, 6.07) is 0. The van der Waals surface area contributed by atoms with Crippen molar-refractivity contribution in [3.8, 4) is 0 Å². The molecule has 0 spiro atoms. The number of aliphatic hydroxyl groups is 4. The van der Waals surface area contributed by atoms with Crippen LogP contribution in [0.4, 0.5) is 0 Å². The maximum atomic E-state index is 9.35. The van der Waals surface area contributed by atoms with Crippen LogP contribution in [0.3, 0.4) is 0 Å². The van der Waals surface area contributed by atoms with Crippen molar-refractivity contribution in [2.75, 3.05) is 6.61 Å². The molecule has 5 heteroatoms. The van der Waals surface area contributed by atoms with Crippen molar-refractivity contribution in [1.82, 2.24) is 0 Å². The van der Waals surface area contributed by atoms with Crippen LogP contribution in [-0.2, 0) is 4.74 Å². The highest BCUT2D eigenvalue weighted by molar-refractivity contribution is 5.07. The van der Waals surface area contributed by atoms with E-state index < -0.39 is 30.3 Å². The Kier molecular flexibility index (Phi) is 1.85. The second kappa shape index (κ2) is 2.65. The lowest BCUT2D eigenvalue weighted by atomic mass is 9.83. The molecule has 12 heavy (non-hydrogen) atoms. The first-order chi connectivity index (χ1) is 5.66. The van der Waals surface area contributed by atoms with Gasteiger partial charge in [-0.1, -0.05) is 0 Å². The van der Waals surface area contributed by atoms with Gasteiger partial charge in [-0.2, -0.15) is 0 Å². The number of ether oxygens (including phenoxy) is 1. The third kappa shape index (κ3) is 0.982. The average Bonchev–Trinajstić information content (AvgIpc) is 2.81. The minimum absolute atomic E-state index is 0.230. The zero-order valence-electron chi connectivity index (χ0n) is 6.37. The van der Waals surface area contributed by atoms with Crippen molar-refractivity contribution in [3.63, 3.8) is 0 Å². The summed E-state index contributed by atoms with van der Waals surface area (Å²) in [6.45, 7) is -0.230.